The van der Waals surface area contributed by atoms with Gasteiger partial charge in [0.1, 0.15) is 0 Å². The van der Waals surface area contributed by atoms with E-state index in [0.717, 1.165) is 31.3 Å². The molecule has 0 aromatic carbocycles. The predicted molar refractivity (Wildman–Crippen MR) is 67.4 cm³/mol. The maximum atomic E-state index is 12.3. The number of carbonyl (C=O) groups is 1. The maximum Gasteiger partial charge on any atom is 0.226 e. The van der Waals surface area contributed by atoms with Crippen LogP contribution in [0.4, 0.5) is 0 Å². The second kappa shape index (κ2) is 4.01. The molecule has 1 saturated heterocycles. The molecule has 0 aromatic rings. The number of hydrogen-bond acceptors (Lipinski definition) is 1. The van der Waals surface area contributed by atoms with E-state index >= 15 is 0 Å². The highest BCUT2D eigenvalue weighted by molar-refractivity contribution is 9.09. The number of fused-ring (bicyclic) bond motifs is 1. The number of nitrogens with zero attached hydrogens (tertiary/aromatic N) is 1. The third-order valence-electron chi connectivity index (χ3n) is 4.87. The van der Waals surface area contributed by atoms with Gasteiger partial charge in [-0.3, -0.25) is 4.79 Å². The summed E-state index contributed by atoms with van der Waals surface area (Å²) in [5.74, 6) is 3.12. The van der Waals surface area contributed by atoms with E-state index in [9.17, 15) is 4.79 Å². The Balaban J connectivity index is 1.60. The van der Waals surface area contributed by atoms with Crippen LogP contribution in [-0.2, 0) is 4.79 Å². The minimum Gasteiger partial charge on any atom is -0.341 e. The lowest BCUT2D eigenvalue weighted by molar-refractivity contribution is -0.134. The molecule has 1 aliphatic heterocycles. The Kier molecular flexibility index (Phi) is 2.77. The standard InChI is InChI=1S/C13H20BrNO/c1-8-5-6-15(7-11(8)14)13(16)12-9-3-2-4-10(9)12/h8-12H,2-7H2,1H3. The number of hydrogen-bond donors (Lipinski definition) is 0. The SMILES string of the molecule is CC1CCN(C(=O)C2C3CCCC32)CC1Br. The number of halogens is 1. The number of alkyl halides is 1. The van der Waals surface area contributed by atoms with Crippen LogP contribution in [-0.4, -0.2) is 28.7 Å². The van der Waals surface area contributed by atoms with Crippen LogP contribution in [0.1, 0.15) is 32.6 Å². The Labute approximate surface area is 106 Å². The lowest BCUT2D eigenvalue weighted by Gasteiger charge is -2.34. The Morgan fingerprint density at radius 1 is 1.25 bits per heavy atom. The first-order valence-electron chi connectivity index (χ1n) is 6.61. The molecule has 0 bridgehead atoms. The van der Waals surface area contributed by atoms with E-state index in [1.54, 1.807) is 0 Å². The molecule has 1 amide bonds. The minimum absolute atomic E-state index is 0.418. The van der Waals surface area contributed by atoms with Gasteiger partial charge < -0.3 is 4.90 Å². The summed E-state index contributed by atoms with van der Waals surface area (Å²) in [5, 5.41) is 0. The molecule has 2 saturated carbocycles. The topological polar surface area (TPSA) is 20.3 Å². The van der Waals surface area contributed by atoms with Gasteiger partial charge in [-0.05, 0) is 37.0 Å². The van der Waals surface area contributed by atoms with Crippen molar-refractivity contribution in [1.82, 2.24) is 4.90 Å². The van der Waals surface area contributed by atoms with Crippen molar-refractivity contribution in [2.75, 3.05) is 13.1 Å². The molecule has 4 unspecified atom stereocenters. The number of rotatable bonds is 1. The van der Waals surface area contributed by atoms with Gasteiger partial charge in [0, 0.05) is 23.8 Å². The first kappa shape index (κ1) is 11.1. The quantitative estimate of drug-likeness (QED) is 0.679. The zero-order valence-electron chi connectivity index (χ0n) is 9.86. The summed E-state index contributed by atoms with van der Waals surface area (Å²) in [5.41, 5.74) is 0. The average molecular weight is 286 g/mol. The highest BCUT2D eigenvalue weighted by Gasteiger charge is 2.57. The molecule has 3 aliphatic rings. The molecule has 16 heavy (non-hydrogen) atoms. The Morgan fingerprint density at radius 2 is 1.94 bits per heavy atom. The first-order chi connectivity index (χ1) is 7.68. The van der Waals surface area contributed by atoms with Gasteiger partial charge in [-0.25, -0.2) is 0 Å². The second-order valence-electron chi connectivity index (χ2n) is 5.85. The van der Waals surface area contributed by atoms with E-state index in [4.69, 9.17) is 0 Å². The highest BCUT2D eigenvalue weighted by atomic mass is 79.9. The lowest BCUT2D eigenvalue weighted by Crippen LogP contribution is -2.44. The fourth-order valence-corrected chi connectivity index (χ4v) is 4.23. The van der Waals surface area contributed by atoms with E-state index in [1.807, 2.05) is 0 Å². The van der Waals surface area contributed by atoms with Crippen molar-refractivity contribution in [2.24, 2.45) is 23.7 Å². The van der Waals surface area contributed by atoms with Gasteiger partial charge in [-0.15, -0.1) is 0 Å². The summed E-state index contributed by atoms with van der Waals surface area (Å²) >= 11 is 3.70. The van der Waals surface area contributed by atoms with Crippen molar-refractivity contribution in [3.05, 3.63) is 0 Å². The van der Waals surface area contributed by atoms with Gasteiger partial charge in [-0.1, -0.05) is 29.3 Å². The molecule has 0 spiro atoms. The van der Waals surface area contributed by atoms with Crippen molar-refractivity contribution < 1.29 is 4.79 Å². The summed E-state index contributed by atoms with van der Waals surface area (Å²) < 4.78 is 0. The maximum absolute atomic E-state index is 12.3. The van der Waals surface area contributed by atoms with Crippen LogP contribution in [0.2, 0.25) is 0 Å². The molecule has 0 aromatic heterocycles. The van der Waals surface area contributed by atoms with Crippen LogP contribution >= 0.6 is 15.9 Å². The van der Waals surface area contributed by atoms with Gasteiger partial charge in [0.2, 0.25) is 5.91 Å². The van der Waals surface area contributed by atoms with Crippen LogP contribution in [0.15, 0.2) is 0 Å². The van der Waals surface area contributed by atoms with E-state index in [2.05, 4.69) is 27.8 Å². The van der Waals surface area contributed by atoms with Gasteiger partial charge in [0.25, 0.3) is 0 Å². The molecule has 1 heterocycles. The van der Waals surface area contributed by atoms with Crippen LogP contribution in [0.3, 0.4) is 0 Å². The molecular formula is C13H20BrNO. The monoisotopic (exact) mass is 285 g/mol. The van der Waals surface area contributed by atoms with Crippen molar-refractivity contribution in [3.63, 3.8) is 0 Å². The molecule has 0 radical (unpaired) electrons. The van der Waals surface area contributed by atoms with Crippen molar-refractivity contribution in [1.29, 1.82) is 0 Å². The smallest absolute Gasteiger partial charge is 0.226 e. The third kappa shape index (κ3) is 1.71. The molecule has 2 nitrogen and oxygen atoms in total. The van der Waals surface area contributed by atoms with Gasteiger partial charge in [-0.2, -0.15) is 0 Å². The van der Waals surface area contributed by atoms with Gasteiger partial charge in [0.15, 0.2) is 0 Å². The van der Waals surface area contributed by atoms with Crippen LogP contribution in [0.5, 0.6) is 0 Å². The molecule has 2 aliphatic carbocycles. The summed E-state index contributed by atoms with van der Waals surface area (Å²) in [6.45, 7) is 4.18. The largest absolute Gasteiger partial charge is 0.341 e. The lowest BCUT2D eigenvalue weighted by atomic mass is 9.98. The zero-order chi connectivity index (χ0) is 11.3. The van der Waals surface area contributed by atoms with Crippen molar-refractivity contribution in [3.8, 4) is 0 Å². The fraction of sp³-hybridized carbons (Fsp3) is 0.923. The molecule has 4 atom stereocenters. The van der Waals surface area contributed by atoms with Crippen molar-refractivity contribution in [2.45, 2.75) is 37.4 Å². The van der Waals surface area contributed by atoms with E-state index in [-0.39, 0.29) is 0 Å². The van der Waals surface area contributed by atoms with Gasteiger partial charge in [0.05, 0.1) is 0 Å². The summed E-state index contributed by atoms with van der Waals surface area (Å²) in [7, 11) is 0. The summed E-state index contributed by atoms with van der Waals surface area (Å²) in [6.07, 6.45) is 5.13. The zero-order valence-corrected chi connectivity index (χ0v) is 11.4. The van der Waals surface area contributed by atoms with E-state index < -0.39 is 0 Å². The fourth-order valence-electron chi connectivity index (χ4n) is 3.62. The normalized spacial score (nSPS) is 46.6. The molecule has 0 N–H and O–H groups in total. The van der Waals surface area contributed by atoms with Crippen molar-refractivity contribution >= 4 is 21.8 Å². The van der Waals surface area contributed by atoms with E-state index in [0.29, 0.717) is 22.6 Å². The van der Waals surface area contributed by atoms with Crippen LogP contribution in [0.25, 0.3) is 0 Å². The van der Waals surface area contributed by atoms with E-state index in [1.165, 1.54) is 19.3 Å². The number of likely N-dealkylation sites (tertiary alicyclic amines) is 1. The molecule has 90 valence electrons. The number of carbonyl (C=O) groups excluding carboxylic acids is 1. The number of amides is 1. The molecular weight excluding hydrogens is 266 g/mol. The van der Waals surface area contributed by atoms with Crippen LogP contribution in [0, 0.1) is 23.7 Å². The molecule has 3 rings (SSSR count). The highest BCUT2D eigenvalue weighted by Crippen LogP contribution is 2.58. The molecule has 3 heteroatoms. The summed E-state index contributed by atoms with van der Waals surface area (Å²) in [4.78, 5) is 14.9. The molecule has 3 fully saturated rings. The second-order valence-corrected chi connectivity index (χ2v) is 7.03. The first-order valence-corrected chi connectivity index (χ1v) is 7.53. The Bertz CT molecular complexity index is 296. The third-order valence-corrected chi connectivity index (χ3v) is 6.06. The van der Waals surface area contributed by atoms with Crippen LogP contribution < -0.4 is 0 Å². The minimum atomic E-state index is 0.418. The average Bonchev–Trinajstić information content (AvgIpc) is 2.74. The summed E-state index contributed by atoms with van der Waals surface area (Å²) in [6, 6.07) is 0. The van der Waals surface area contributed by atoms with Gasteiger partial charge >= 0.3 is 0 Å². The Hall–Kier alpha value is -0.0500. The predicted octanol–water partition coefficient (Wildman–Crippen LogP) is 2.66. The number of piperidine rings is 1. The Morgan fingerprint density at radius 3 is 2.56 bits per heavy atom.